The smallest absolute Gasteiger partial charge is 0.250 e. The van der Waals surface area contributed by atoms with Crippen LogP contribution in [0.1, 0.15) is 5.56 Å². The molecule has 0 spiro atoms. The van der Waals surface area contributed by atoms with Crippen LogP contribution < -0.4 is 5.43 Å². The molecular formula is C16H13ClN6OS. The zero-order valence-corrected chi connectivity index (χ0v) is 14.5. The van der Waals surface area contributed by atoms with E-state index in [1.54, 1.807) is 35.2 Å². The first-order valence-electron chi connectivity index (χ1n) is 7.26. The Kier molecular flexibility index (Phi) is 5.76. The molecule has 0 radical (unpaired) electrons. The molecule has 0 saturated carbocycles. The van der Waals surface area contributed by atoms with Gasteiger partial charge in [-0.15, -0.1) is 5.10 Å². The largest absolute Gasteiger partial charge is 0.272 e. The van der Waals surface area contributed by atoms with Gasteiger partial charge in [-0.2, -0.15) is 9.78 Å². The highest BCUT2D eigenvalue weighted by molar-refractivity contribution is 7.99. The number of para-hydroxylation sites is 1. The van der Waals surface area contributed by atoms with Crippen molar-refractivity contribution in [3.8, 4) is 5.69 Å². The first-order valence-corrected chi connectivity index (χ1v) is 8.63. The summed E-state index contributed by atoms with van der Waals surface area (Å²) in [6.45, 7) is 0. The van der Waals surface area contributed by atoms with Crippen molar-refractivity contribution in [2.24, 2.45) is 5.10 Å². The maximum Gasteiger partial charge on any atom is 0.250 e. The number of benzene rings is 2. The second-order valence-corrected chi connectivity index (χ2v) is 6.22. The molecule has 25 heavy (non-hydrogen) atoms. The number of carbonyl (C=O) groups excluding carboxylic acids is 1. The molecule has 0 unspecified atom stereocenters. The Morgan fingerprint density at radius 3 is 2.72 bits per heavy atom. The number of aromatic nitrogens is 4. The van der Waals surface area contributed by atoms with Gasteiger partial charge in [-0.1, -0.05) is 53.7 Å². The molecule has 2 aromatic carbocycles. The summed E-state index contributed by atoms with van der Waals surface area (Å²) in [5.74, 6) is -0.108. The molecule has 0 atom stereocenters. The lowest BCUT2D eigenvalue weighted by molar-refractivity contribution is -0.118. The van der Waals surface area contributed by atoms with Gasteiger partial charge in [-0.25, -0.2) is 5.43 Å². The fourth-order valence-corrected chi connectivity index (χ4v) is 2.70. The minimum atomic E-state index is -0.252. The molecule has 3 rings (SSSR count). The van der Waals surface area contributed by atoms with Gasteiger partial charge >= 0.3 is 0 Å². The van der Waals surface area contributed by atoms with Crippen LogP contribution in [-0.2, 0) is 4.79 Å². The van der Waals surface area contributed by atoms with Crippen LogP contribution in [0.5, 0.6) is 0 Å². The minimum absolute atomic E-state index is 0.144. The molecule has 1 aromatic heterocycles. The Hall–Kier alpha value is -2.71. The molecule has 0 bridgehead atoms. The average Bonchev–Trinajstić information content (AvgIpc) is 3.11. The predicted octanol–water partition coefficient (Wildman–Crippen LogP) is 2.56. The Bertz CT molecular complexity index is 866. The fraction of sp³-hybridized carbons (Fsp3) is 0.0625. The van der Waals surface area contributed by atoms with Gasteiger partial charge in [0.2, 0.25) is 5.16 Å². The number of carbonyl (C=O) groups is 1. The summed E-state index contributed by atoms with van der Waals surface area (Å²) in [7, 11) is 0. The van der Waals surface area contributed by atoms with Crippen molar-refractivity contribution in [1.29, 1.82) is 0 Å². The van der Waals surface area contributed by atoms with E-state index in [-0.39, 0.29) is 11.7 Å². The second kappa shape index (κ2) is 8.41. The summed E-state index contributed by atoms with van der Waals surface area (Å²) in [5, 5.41) is 16.6. The number of halogens is 1. The number of hydrogen-bond acceptors (Lipinski definition) is 6. The third kappa shape index (κ3) is 4.88. The van der Waals surface area contributed by atoms with Crippen LogP contribution in [-0.4, -0.2) is 38.1 Å². The van der Waals surface area contributed by atoms with Crippen molar-refractivity contribution >= 4 is 35.5 Å². The predicted molar refractivity (Wildman–Crippen MR) is 97.1 cm³/mol. The van der Waals surface area contributed by atoms with E-state index >= 15 is 0 Å². The lowest BCUT2D eigenvalue weighted by Gasteiger charge is -2.03. The first kappa shape index (κ1) is 17.1. The fourth-order valence-electron chi connectivity index (χ4n) is 1.89. The maximum atomic E-state index is 11.9. The molecule has 1 heterocycles. The lowest BCUT2D eigenvalue weighted by atomic mass is 10.2. The number of hydrogen-bond donors (Lipinski definition) is 1. The minimum Gasteiger partial charge on any atom is -0.272 e. The van der Waals surface area contributed by atoms with E-state index in [4.69, 9.17) is 11.6 Å². The second-order valence-electron chi connectivity index (χ2n) is 4.84. The number of thioether (sulfide) groups is 1. The van der Waals surface area contributed by atoms with Gasteiger partial charge < -0.3 is 0 Å². The Labute approximate surface area is 153 Å². The number of tetrazole rings is 1. The molecule has 126 valence electrons. The molecular weight excluding hydrogens is 360 g/mol. The number of rotatable bonds is 6. The quantitative estimate of drug-likeness (QED) is 0.408. The van der Waals surface area contributed by atoms with Crippen LogP contribution in [0, 0.1) is 0 Å². The van der Waals surface area contributed by atoms with Crippen LogP contribution >= 0.6 is 23.4 Å². The molecule has 1 amide bonds. The summed E-state index contributed by atoms with van der Waals surface area (Å²) in [6, 6.07) is 16.6. The highest BCUT2D eigenvalue weighted by Gasteiger charge is 2.10. The third-order valence-electron chi connectivity index (χ3n) is 3.05. The lowest BCUT2D eigenvalue weighted by Crippen LogP contribution is -2.20. The van der Waals surface area contributed by atoms with Gasteiger partial charge in [0.15, 0.2) is 0 Å². The van der Waals surface area contributed by atoms with Gasteiger partial charge in [0.05, 0.1) is 17.7 Å². The first-order chi connectivity index (χ1) is 12.2. The van der Waals surface area contributed by atoms with Crippen LogP contribution in [0.25, 0.3) is 5.69 Å². The summed E-state index contributed by atoms with van der Waals surface area (Å²) in [4.78, 5) is 11.9. The van der Waals surface area contributed by atoms with Crippen LogP contribution in [0.15, 0.2) is 64.9 Å². The summed E-state index contributed by atoms with van der Waals surface area (Å²) >= 11 is 7.04. The monoisotopic (exact) mass is 372 g/mol. The van der Waals surface area contributed by atoms with Crippen molar-refractivity contribution in [2.75, 3.05) is 5.75 Å². The molecule has 0 fully saturated rings. The highest BCUT2D eigenvalue weighted by atomic mass is 35.5. The maximum absolute atomic E-state index is 11.9. The summed E-state index contributed by atoms with van der Waals surface area (Å²) in [5.41, 5.74) is 4.13. The molecule has 3 aromatic rings. The van der Waals surface area contributed by atoms with E-state index in [9.17, 15) is 4.79 Å². The molecule has 0 aliphatic rings. The summed E-state index contributed by atoms with van der Waals surface area (Å²) in [6.07, 6.45) is 1.55. The van der Waals surface area contributed by atoms with E-state index in [0.29, 0.717) is 10.2 Å². The normalized spacial score (nSPS) is 10.9. The van der Waals surface area contributed by atoms with Gasteiger partial charge in [-0.05, 0) is 40.3 Å². The molecule has 7 nitrogen and oxygen atoms in total. The van der Waals surface area contributed by atoms with Crippen LogP contribution in [0.3, 0.4) is 0 Å². The molecule has 0 aliphatic heterocycles. The number of amides is 1. The zero-order valence-electron chi connectivity index (χ0n) is 12.9. The zero-order chi connectivity index (χ0) is 17.5. The van der Waals surface area contributed by atoms with Crippen molar-refractivity contribution < 1.29 is 4.79 Å². The van der Waals surface area contributed by atoms with Crippen LogP contribution in [0.2, 0.25) is 5.02 Å². The van der Waals surface area contributed by atoms with E-state index < -0.39 is 0 Å². The van der Waals surface area contributed by atoms with Gasteiger partial charge in [0.1, 0.15) is 0 Å². The summed E-state index contributed by atoms with van der Waals surface area (Å²) < 4.78 is 1.58. The Morgan fingerprint density at radius 2 is 1.96 bits per heavy atom. The molecule has 0 saturated heterocycles. The van der Waals surface area contributed by atoms with Crippen molar-refractivity contribution in [3.05, 3.63) is 65.2 Å². The Morgan fingerprint density at radius 1 is 1.20 bits per heavy atom. The highest BCUT2D eigenvalue weighted by Crippen LogP contribution is 2.17. The van der Waals surface area contributed by atoms with E-state index in [1.165, 1.54) is 11.8 Å². The van der Waals surface area contributed by atoms with Gasteiger partial charge in [0, 0.05) is 5.02 Å². The van der Waals surface area contributed by atoms with Crippen molar-refractivity contribution in [2.45, 2.75) is 5.16 Å². The number of nitrogens with one attached hydrogen (secondary N) is 1. The molecule has 0 aliphatic carbocycles. The standard InChI is InChI=1S/C16H13ClN6OS/c17-13-8-6-12(7-9-13)10-18-19-15(24)11-25-16-20-21-22-23(16)14-4-2-1-3-5-14/h1-10H,11H2,(H,19,24). The number of hydrazone groups is 1. The van der Waals surface area contributed by atoms with E-state index in [0.717, 1.165) is 11.3 Å². The number of nitrogens with zero attached hydrogens (tertiary/aromatic N) is 5. The van der Waals surface area contributed by atoms with E-state index in [2.05, 4.69) is 26.1 Å². The average molecular weight is 373 g/mol. The van der Waals surface area contributed by atoms with Crippen molar-refractivity contribution in [3.63, 3.8) is 0 Å². The topological polar surface area (TPSA) is 85.1 Å². The third-order valence-corrected chi connectivity index (χ3v) is 4.22. The van der Waals surface area contributed by atoms with Gasteiger partial charge in [-0.3, -0.25) is 4.79 Å². The van der Waals surface area contributed by atoms with Crippen LogP contribution in [0.4, 0.5) is 0 Å². The SMILES string of the molecule is O=C(CSc1nnnn1-c1ccccc1)NN=Cc1ccc(Cl)cc1. The van der Waals surface area contributed by atoms with Gasteiger partial charge in [0.25, 0.3) is 5.91 Å². The Balaban J connectivity index is 1.53. The molecule has 9 heteroatoms. The van der Waals surface area contributed by atoms with Crippen molar-refractivity contribution in [1.82, 2.24) is 25.6 Å². The molecule has 1 N–H and O–H groups in total. The van der Waals surface area contributed by atoms with E-state index in [1.807, 2.05) is 30.3 Å².